The van der Waals surface area contributed by atoms with E-state index in [2.05, 4.69) is 15.0 Å². The van der Waals surface area contributed by atoms with Gasteiger partial charge >= 0.3 is 0 Å². The van der Waals surface area contributed by atoms with Gasteiger partial charge in [0.15, 0.2) is 11.6 Å². The van der Waals surface area contributed by atoms with Crippen molar-refractivity contribution in [2.45, 2.75) is 13.0 Å². The van der Waals surface area contributed by atoms with Gasteiger partial charge in [0.1, 0.15) is 6.61 Å². The molecule has 1 aromatic carbocycles. The molecule has 7 heteroatoms. The summed E-state index contributed by atoms with van der Waals surface area (Å²) < 4.78 is 42.3. The Bertz CT molecular complexity index is 636. The van der Waals surface area contributed by atoms with Gasteiger partial charge in [-0.1, -0.05) is 6.07 Å². The van der Waals surface area contributed by atoms with Crippen molar-refractivity contribution in [2.24, 2.45) is 0 Å². The monoisotopic (exact) mass is 310 g/mol. The molecule has 1 N–H and O–H groups in total. The van der Waals surface area contributed by atoms with Crippen LogP contribution in [0.4, 0.5) is 13.2 Å². The van der Waals surface area contributed by atoms with Gasteiger partial charge in [-0.25, -0.2) is 13.2 Å². The average molecular weight is 310 g/mol. The Balaban J connectivity index is 1.93. The van der Waals surface area contributed by atoms with Gasteiger partial charge in [-0.15, -0.1) is 0 Å². The summed E-state index contributed by atoms with van der Waals surface area (Å²) in [4.78, 5) is 15.6. The first-order valence-corrected chi connectivity index (χ1v) is 6.44. The minimum Gasteiger partial charge on any atom is -0.485 e. The molecule has 0 atom stereocenters. The number of hydrogen-bond acceptors (Lipinski definition) is 3. The lowest BCUT2D eigenvalue weighted by atomic mass is 10.2. The summed E-state index contributed by atoms with van der Waals surface area (Å²) in [5, 5.41) is 2.62. The summed E-state index contributed by atoms with van der Waals surface area (Å²) in [6.45, 7) is -0.762. The second-order valence-corrected chi connectivity index (χ2v) is 4.39. The molecule has 4 nitrogen and oxygen atoms in total. The number of ether oxygens (including phenoxy) is 1. The molecule has 1 aromatic heterocycles. The molecule has 1 heterocycles. The minimum absolute atomic E-state index is 0.104. The zero-order chi connectivity index (χ0) is 15.9. The standard InChI is InChI=1S/C15H13F3N2O2/c16-12-7-10(1-2-13(12)22-9-14(17)18)8-20-15(21)11-3-5-19-6-4-11/h1-7,14H,8-9H2,(H,20,21). The van der Waals surface area contributed by atoms with E-state index in [1.807, 2.05) is 0 Å². The van der Waals surface area contributed by atoms with E-state index in [-0.39, 0.29) is 18.2 Å². The molecule has 0 fully saturated rings. The first-order chi connectivity index (χ1) is 10.6. The Hall–Kier alpha value is -2.57. The maximum Gasteiger partial charge on any atom is 0.272 e. The van der Waals surface area contributed by atoms with Crippen molar-refractivity contribution in [3.8, 4) is 5.75 Å². The van der Waals surface area contributed by atoms with Crippen LogP contribution in [0.1, 0.15) is 15.9 Å². The largest absolute Gasteiger partial charge is 0.485 e. The van der Waals surface area contributed by atoms with E-state index in [0.717, 1.165) is 6.07 Å². The van der Waals surface area contributed by atoms with E-state index in [1.54, 1.807) is 12.1 Å². The number of amides is 1. The van der Waals surface area contributed by atoms with E-state index < -0.39 is 18.8 Å². The highest BCUT2D eigenvalue weighted by molar-refractivity contribution is 5.93. The van der Waals surface area contributed by atoms with E-state index in [4.69, 9.17) is 0 Å². The number of benzene rings is 1. The Morgan fingerprint density at radius 2 is 1.95 bits per heavy atom. The quantitative estimate of drug-likeness (QED) is 0.892. The Morgan fingerprint density at radius 3 is 2.59 bits per heavy atom. The third-order valence-electron chi connectivity index (χ3n) is 2.76. The van der Waals surface area contributed by atoms with Crippen molar-refractivity contribution in [1.82, 2.24) is 10.3 Å². The molecule has 0 bridgehead atoms. The normalized spacial score (nSPS) is 10.5. The molecular formula is C15H13F3N2O2. The van der Waals surface area contributed by atoms with Gasteiger partial charge in [-0.3, -0.25) is 9.78 Å². The molecule has 0 radical (unpaired) electrons. The molecule has 22 heavy (non-hydrogen) atoms. The molecule has 0 aliphatic heterocycles. The highest BCUT2D eigenvalue weighted by Crippen LogP contribution is 2.19. The SMILES string of the molecule is O=C(NCc1ccc(OCC(F)F)c(F)c1)c1ccncc1. The molecule has 0 saturated carbocycles. The van der Waals surface area contributed by atoms with Crippen LogP contribution in [0, 0.1) is 5.82 Å². The number of nitrogens with one attached hydrogen (secondary N) is 1. The van der Waals surface area contributed by atoms with Crippen molar-refractivity contribution in [3.63, 3.8) is 0 Å². The number of rotatable bonds is 6. The van der Waals surface area contributed by atoms with Crippen molar-refractivity contribution in [1.29, 1.82) is 0 Å². The van der Waals surface area contributed by atoms with Gasteiger partial charge in [0.05, 0.1) is 0 Å². The van der Waals surface area contributed by atoms with Gasteiger partial charge in [-0.2, -0.15) is 0 Å². The van der Waals surface area contributed by atoms with Crippen molar-refractivity contribution in [3.05, 3.63) is 59.7 Å². The lowest BCUT2D eigenvalue weighted by Gasteiger charge is -2.09. The molecular weight excluding hydrogens is 297 g/mol. The van der Waals surface area contributed by atoms with Gasteiger partial charge in [-0.05, 0) is 29.8 Å². The van der Waals surface area contributed by atoms with Crippen LogP contribution >= 0.6 is 0 Å². The van der Waals surface area contributed by atoms with Gasteiger partial charge < -0.3 is 10.1 Å². The second kappa shape index (κ2) is 7.44. The van der Waals surface area contributed by atoms with Crippen LogP contribution in [-0.2, 0) is 6.54 Å². The van der Waals surface area contributed by atoms with E-state index in [1.165, 1.54) is 24.5 Å². The van der Waals surface area contributed by atoms with Crippen LogP contribution in [0.5, 0.6) is 5.75 Å². The number of nitrogens with zero attached hydrogens (tertiary/aromatic N) is 1. The smallest absolute Gasteiger partial charge is 0.272 e. The molecule has 0 unspecified atom stereocenters. The van der Waals surface area contributed by atoms with Gasteiger partial charge in [0, 0.05) is 24.5 Å². The summed E-state index contributed by atoms with van der Waals surface area (Å²) >= 11 is 0. The summed E-state index contributed by atoms with van der Waals surface area (Å²) in [6, 6.07) is 6.99. The first kappa shape index (κ1) is 15.8. The lowest BCUT2D eigenvalue weighted by Crippen LogP contribution is -2.22. The van der Waals surface area contributed by atoms with E-state index in [9.17, 15) is 18.0 Å². The predicted molar refractivity (Wildman–Crippen MR) is 73.3 cm³/mol. The summed E-state index contributed by atoms with van der Waals surface area (Å²) in [6.07, 6.45) is 0.312. The molecule has 1 amide bonds. The summed E-state index contributed by atoms with van der Waals surface area (Å²) in [5.74, 6) is -1.32. The number of pyridine rings is 1. The van der Waals surface area contributed by atoms with Gasteiger partial charge in [0.2, 0.25) is 0 Å². The third-order valence-corrected chi connectivity index (χ3v) is 2.76. The van der Waals surface area contributed by atoms with Crippen molar-refractivity contribution in [2.75, 3.05) is 6.61 Å². The molecule has 0 saturated heterocycles. The van der Waals surface area contributed by atoms with Crippen molar-refractivity contribution < 1.29 is 22.7 Å². The zero-order valence-corrected chi connectivity index (χ0v) is 11.4. The van der Waals surface area contributed by atoms with Crippen LogP contribution < -0.4 is 10.1 Å². The topological polar surface area (TPSA) is 51.2 Å². The van der Waals surface area contributed by atoms with Crippen LogP contribution in [0.3, 0.4) is 0 Å². The summed E-state index contributed by atoms with van der Waals surface area (Å²) in [7, 11) is 0. The van der Waals surface area contributed by atoms with Gasteiger partial charge in [0.25, 0.3) is 12.3 Å². The Kier molecular flexibility index (Phi) is 5.35. The maximum absolute atomic E-state index is 13.7. The summed E-state index contributed by atoms with van der Waals surface area (Å²) in [5.41, 5.74) is 0.927. The molecule has 0 aliphatic rings. The molecule has 0 aliphatic carbocycles. The third kappa shape index (κ3) is 4.47. The van der Waals surface area contributed by atoms with E-state index in [0.29, 0.717) is 11.1 Å². The Labute approximate surface area is 124 Å². The zero-order valence-electron chi connectivity index (χ0n) is 11.4. The number of carbonyl (C=O) groups is 1. The maximum atomic E-state index is 13.7. The van der Waals surface area contributed by atoms with Crippen LogP contribution in [0.25, 0.3) is 0 Å². The first-order valence-electron chi connectivity index (χ1n) is 6.44. The lowest BCUT2D eigenvalue weighted by molar-refractivity contribution is 0.0798. The predicted octanol–water partition coefficient (Wildman–Crippen LogP) is 2.79. The van der Waals surface area contributed by atoms with Crippen molar-refractivity contribution >= 4 is 5.91 Å². The second-order valence-electron chi connectivity index (χ2n) is 4.39. The molecule has 116 valence electrons. The Morgan fingerprint density at radius 1 is 1.23 bits per heavy atom. The fourth-order valence-electron chi connectivity index (χ4n) is 1.71. The number of aromatic nitrogens is 1. The fraction of sp³-hybridized carbons (Fsp3) is 0.200. The number of halogens is 3. The highest BCUT2D eigenvalue weighted by Gasteiger charge is 2.10. The number of hydrogen-bond donors (Lipinski definition) is 1. The molecule has 0 spiro atoms. The molecule has 2 rings (SSSR count). The highest BCUT2D eigenvalue weighted by atomic mass is 19.3. The average Bonchev–Trinajstić information content (AvgIpc) is 2.52. The number of alkyl halides is 2. The van der Waals surface area contributed by atoms with E-state index >= 15 is 0 Å². The fourth-order valence-corrected chi connectivity index (χ4v) is 1.71. The van der Waals surface area contributed by atoms with Crippen LogP contribution in [-0.4, -0.2) is 23.9 Å². The van der Waals surface area contributed by atoms with Crippen LogP contribution in [0.2, 0.25) is 0 Å². The minimum atomic E-state index is -2.67. The van der Waals surface area contributed by atoms with Crippen LogP contribution in [0.15, 0.2) is 42.7 Å². The number of carbonyl (C=O) groups excluding carboxylic acids is 1. The molecule has 2 aromatic rings.